The highest BCUT2D eigenvalue weighted by Crippen LogP contribution is 2.30. The van der Waals surface area contributed by atoms with Gasteiger partial charge in [0.1, 0.15) is 5.75 Å². The molecular weight excluding hydrogens is 614 g/mol. The number of benzene rings is 3. The van der Waals surface area contributed by atoms with E-state index < -0.39 is 17.9 Å². The number of nitrogens with zero attached hydrogens (tertiary/aromatic N) is 2. The number of methoxy groups -OCH3 is 1. The molecule has 0 spiro atoms. The van der Waals surface area contributed by atoms with Crippen LogP contribution in [0.4, 0.5) is 5.82 Å². The molecule has 0 aliphatic heterocycles. The third kappa shape index (κ3) is 9.71. The highest BCUT2D eigenvalue weighted by molar-refractivity contribution is 6.01. The summed E-state index contributed by atoms with van der Waals surface area (Å²) in [6, 6.07) is 19.3. The number of hydrogen-bond acceptors (Lipinski definition) is 9. The number of carbonyl (C=O) groups is 3. The SMILES string of the molecule is COc1cc(C(=O)N(C(C)C)C(C)C)ccc1OCCCCOc1ccc2c(NC(=O)CNC(=O)C(N)Cc3ccccc3)noc2c1. The van der Waals surface area contributed by atoms with Crippen molar-refractivity contribution in [3.05, 3.63) is 77.9 Å². The molecular formula is C36H45N5O7. The summed E-state index contributed by atoms with van der Waals surface area (Å²) >= 11 is 0. The van der Waals surface area contributed by atoms with Gasteiger partial charge >= 0.3 is 0 Å². The number of hydrogen-bond donors (Lipinski definition) is 3. The van der Waals surface area contributed by atoms with Gasteiger partial charge in [0.2, 0.25) is 11.8 Å². The van der Waals surface area contributed by atoms with Crippen LogP contribution in [0.3, 0.4) is 0 Å². The van der Waals surface area contributed by atoms with Crippen LogP contribution in [0, 0.1) is 0 Å². The van der Waals surface area contributed by atoms with Crippen LogP contribution in [-0.4, -0.2) is 72.8 Å². The third-order valence-corrected chi connectivity index (χ3v) is 7.58. The molecule has 0 bridgehead atoms. The second kappa shape index (κ2) is 17.2. The fourth-order valence-corrected chi connectivity index (χ4v) is 5.24. The molecule has 1 unspecified atom stereocenters. The van der Waals surface area contributed by atoms with Crippen LogP contribution < -0.4 is 30.6 Å². The van der Waals surface area contributed by atoms with E-state index >= 15 is 0 Å². The van der Waals surface area contributed by atoms with E-state index in [1.54, 1.807) is 43.5 Å². The number of anilines is 1. The molecule has 0 radical (unpaired) electrons. The first-order valence-electron chi connectivity index (χ1n) is 16.1. The number of nitrogens with two attached hydrogens (primary N) is 1. The summed E-state index contributed by atoms with van der Waals surface area (Å²) in [5.74, 6) is 0.986. The Kier molecular flexibility index (Phi) is 12.8. The lowest BCUT2D eigenvalue weighted by molar-refractivity contribution is -0.125. The van der Waals surface area contributed by atoms with Crippen molar-refractivity contribution in [3.8, 4) is 17.2 Å². The van der Waals surface area contributed by atoms with Gasteiger partial charge in [0, 0.05) is 23.7 Å². The predicted molar refractivity (Wildman–Crippen MR) is 183 cm³/mol. The Balaban J connectivity index is 1.19. The van der Waals surface area contributed by atoms with Crippen molar-refractivity contribution >= 4 is 34.5 Å². The summed E-state index contributed by atoms with van der Waals surface area (Å²) in [5, 5.41) is 9.76. The van der Waals surface area contributed by atoms with Gasteiger partial charge in [-0.25, -0.2) is 0 Å². The van der Waals surface area contributed by atoms with E-state index in [2.05, 4.69) is 15.8 Å². The summed E-state index contributed by atoms with van der Waals surface area (Å²) in [7, 11) is 1.56. The topological polar surface area (TPSA) is 158 Å². The first kappa shape index (κ1) is 35.7. The van der Waals surface area contributed by atoms with Crippen molar-refractivity contribution in [2.75, 3.05) is 32.2 Å². The van der Waals surface area contributed by atoms with Crippen molar-refractivity contribution in [1.82, 2.24) is 15.4 Å². The molecule has 1 heterocycles. The van der Waals surface area contributed by atoms with Crippen LogP contribution >= 0.6 is 0 Å². The number of aromatic nitrogens is 1. The Bertz CT molecular complexity index is 1660. The van der Waals surface area contributed by atoms with Gasteiger partial charge < -0.3 is 40.0 Å². The van der Waals surface area contributed by atoms with Crippen LogP contribution in [0.2, 0.25) is 0 Å². The number of amides is 3. The second-order valence-corrected chi connectivity index (χ2v) is 11.9. The molecule has 0 aliphatic rings. The van der Waals surface area contributed by atoms with Crippen molar-refractivity contribution in [1.29, 1.82) is 0 Å². The van der Waals surface area contributed by atoms with E-state index in [4.69, 9.17) is 24.5 Å². The van der Waals surface area contributed by atoms with Gasteiger partial charge in [-0.2, -0.15) is 0 Å². The Morgan fingerprint density at radius 3 is 2.29 bits per heavy atom. The number of rotatable bonds is 17. The van der Waals surface area contributed by atoms with Crippen LogP contribution in [0.5, 0.6) is 17.2 Å². The van der Waals surface area contributed by atoms with Gasteiger partial charge in [-0.3, -0.25) is 14.4 Å². The molecule has 12 heteroatoms. The zero-order valence-electron chi connectivity index (χ0n) is 28.2. The summed E-state index contributed by atoms with van der Waals surface area (Å²) in [6.07, 6.45) is 1.82. The number of fused-ring (bicyclic) bond motifs is 1. The first-order chi connectivity index (χ1) is 23.1. The van der Waals surface area contributed by atoms with Gasteiger partial charge in [-0.05, 0) is 82.9 Å². The molecule has 0 saturated heterocycles. The van der Waals surface area contributed by atoms with E-state index in [1.807, 2.05) is 62.9 Å². The zero-order chi connectivity index (χ0) is 34.6. The molecule has 1 aromatic heterocycles. The van der Waals surface area contributed by atoms with Crippen molar-refractivity contribution < 1.29 is 33.1 Å². The number of ether oxygens (including phenoxy) is 3. The highest BCUT2D eigenvalue weighted by Gasteiger charge is 2.23. The maximum atomic E-state index is 13.1. The van der Waals surface area contributed by atoms with Crippen LogP contribution in [0.25, 0.3) is 11.0 Å². The van der Waals surface area contributed by atoms with Crippen LogP contribution in [0.15, 0.2) is 71.3 Å². The zero-order valence-corrected chi connectivity index (χ0v) is 28.2. The lowest BCUT2D eigenvalue weighted by Crippen LogP contribution is -2.44. The minimum Gasteiger partial charge on any atom is -0.493 e. The fraction of sp³-hybridized carbons (Fsp3) is 0.389. The maximum Gasteiger partial charge on any atom is 0.254 e. The molecule has 12 nitrogen and oxygen atoms in total. The van der Waals surface area contributed by atoms with Gasteiger partial charge in [0.15, 0.2) is 22.9 Å². The molecule has 0 fully saturated rings. The number of nitrogens with one attached hydrogen (secondary N) is 2. The Labute approximate surface area is 280 Å². The monoisotopic (exact) mass is 659 g/mol. The summed E-state index contributed by atoms with van der Waals surface area (Å²) in [5.41, 5.74) is 7.92. The molecule has 4 aromatic rings. The van der Waals surface area contributed by atoms with Crippen LogP contribution in [-0.2, 0) is 16.0 Å². The van der Waals surface area contributed by atoms with Gasteiger partial charge in [-0.15, -0.1) is 0 Å². The lowest BCUT2D eigenvalue weighted by Gasteiger charge is -2.31. The van der Waals surface area contributed by atoms with E-state index in [0.717, 1.165) is 18.4 Å². The third-order valence-electron chi connectivity index (χ3n) is 7.58. The van der Waals surface area contributed by atoms with Gasteiger partial charge in [0.05, 0.1) is 38.3 Å². The molecule has 0 aliphatic carbocycles. The molecule has 3 aromatic carbocycles. The van der Waals surface area contributed by atoms with Crippen LogP contribution in [0.1, 0.15) is 56.5 Å². The standard InChI is InChI=1S/C36H45N5O7/c1-23(2)41(24(3)4)36(44)26-13-16-30(32(20-26)45-5)47-18-10-9-17-46-27-14-15-28-31(21-27)48-40-34(28)39-33(42)22-38-35(43)29(37)19-25-11-7-6-8-12-25/h6-8,11-16,20-21,23-24,29H,9-10,17-19,22,37H2,1-5H3,(H,38,43)(H,39,40,42). The summed E-state index contributed by atoms with van der Waals surface area (Å²) < 4.78 is 22.7. The van der Waals surface area contributed by atoms with E-state index in [-0.39, 0.29) is 30.4 Å². The minimum atomic E-state index is -0.774. The largest absolute Gasteiger partial charge is 0.493 e. The smallest absolute Gasteiger partial charge is 0.254 e. The molecule has 256 valence electrons. The summed E-state index contributed by atoms with van der Waals surface area (Å²) in [6.45, 7) is 8.63. The molecule has 0 saturated carbocycles. The maximum absolute atomic E-state index is 13.1. The highest BCUT2D eigenvalue weighted by atomic mass is 16.5. The Morgan fingerprint density at radius 2 is 1.60 bits per heavy atom. The quantitative estimate of drug-likeness (QED) is 0.133. The molecule has 4 rings (SSSR count). The van der Waals surface area contributed by atoms with Crippen molar-refractivity contribution in [2.24, 2.45) is 5.73 Å². The van der Waals surface area contributed by atoms with Crippen molar-refractivity contribution in [2.45, 2.75) is 65.1 Å². The fourth-order valence-electron chi connectivity index (χ4n) is 5.24. The molecule has 1 atom stereocenters. The van der Waals surface area contributed by atoms with Crippen molar-refractivity contribution in [3.63, 3.8) is 0 Å². The summed E-state index contributed by atoms with van der Waals surface area (Å²) in [4.78, 5) is 39.7. The second-order valence-electron chi connectivity index (χ2n) is 11.9. The molecule has 4 N–H and O–H groups in total. The molecule has 3 amide bonds. The first-order valence-corrected chi connectivity index (χ1v) is 16.1. The lowest BCUT2D eigenvalue weighted by atomic mass is 10.1. The Hall–Kier alpha value is -5.10. The average molecular weight is 660 g/mol. The average Bonchev–Trinajstić information content (AvgIpc) is 3.46. The van der Waals surface area contributed by atoms with Gasteiger partial charge in [0.25, 0.3) is 5.91 Å². The van der Waals surface area contributed by atoms with Gasteiger partial charge in [-0.1, -0.05) is 35.5 Å². The number of carbonyl (C=O) groups excluding carboxylic acids is 3. The van der Waals surface area contributed by atoms with E-state index in [0.29, 0.717) is 53.4 Å². The van der Waals surface area contributed by atoms with E-state index in [9.17, 15) is 14.4 Å². The van der Waals surface area contributed by atoms with E-state index in [1.165, 1.54) is 0 Å². The minimum absolute atomic E-state index is 0.0483. The normalized spacial score (nSPS) is 11.8. The predicted octanol–water partition coefficient (Wildman–Crippen LogP) is 4.96. The number of unbranched alkanes of at least 4 members (excludes halogenated alkanes) is 1. The molecule has 48 heavy (non-hydrogen) atoms. The Morgan fingerprint density at radius 1 is 0.896 bits per heavy atom.